The van der Waals surface area contributed by atoms with Crippen LogP contribution in [0.4, 0.5) is 0 Å². The van der Waals surface area contributed by atoms with Crippen molar-refractivity contribution < 1.29 is 24.5 Å². The number of carbonyl (C=O) groups is 2. The van der Waals surface area contributed by atoms with Gasteiger partial charge in [-0.25, -0.2) is 0 Å². The summed E-state index contributed by atoms with van der Waals surface area (Å²) in [4.78, 5) is 24.5. The molecule has 0 radical (unpaired) electrons. The molecule has 6 heteroatoms. The second-order valence-corrected chi connectivity index (χ2v) is 21.7. The van der Waals surface area contributed by atoms with Crippen LogP contribution in [-0.2, 0) is 14.3 Å². The van der Waals surface area contributed by atoms with Crippen LogP contribution in [0.1, 0.15) is 348 Å². The number of unbranched alkanes of at least 4 members (excludes halogenated alkanes) is 44. The van der Waals surface area contributed by atoms with Gasteiger partial charge in [-0.1, -0.05) is 301 Å². The normalized spacial score (nSPS) is 12.7. The highest BCUT2D eigenvalue weighted by atomic mass is 16.5. The van der Waals surface area contributed by atoms with Gasteiger partial charge in [0.1, 0.15) is 0 Å². The topological polar surface area (TPSA) is 95.9 Å². The first kappa shape index (κ1) is 68.3. The van der Waals surface area contributed by atoms with Gasteiger partial charge in [0, 0.05) is 12.8 Å². The van der Waals surface area contributed by atoms with E-state index in [1.807, 2.05) is 0 Å². The summed E-state index contributed by atoms with van der Waals surface area (Å²) in [6.07, 6.45) is 73.4. The molecule has 0 rings (SSSR count). The molecule has 0 saturated carbocycles. The number of aliphatic hydroxyl groups excluding tert-OH is 2. The van der Waals surface area contributed by atoms with Gasteiger partial charge in [-0.15, -0.1) is 0 Å². The van der Waals surface area contributed by atoms with E-state index in [9.17, 15) is 19.8 Å². The van der Waals surface area contributed by atoms with E-state index in [0.29, 0.717) is 25.9 Å². The summed E-state index contributed by atoms with van der Waals surface area (Å²) in [7, 11) is 0. The van der Waals surface area contributed by atoms with Crippen LogP contribution in [0.3, 0.4) is 0 Å². The number of carbonyl (C=O) groups excluding carboxylic acids is 2. The van der Waals surface area contributed by atoms with Gasteiger partial charge in [-0.2, -0.15) is 0 Å². The lowest BCUT2D eigenvalue weighted by Gasteiger charge is -2.22. The number of aliphatic hydroxyl groups is 2. The number of rotatable bonds is 59. The highest BCUT2D eigenvalue weighted by Gasteiger charge is 2.20. The molecule has 6 nitrogen and oxygen atoms in total. The molecule has 0 aromatic heterocycles. The number of allylic oxidation sites excluding steroid dienone is 4. The molecule has 0 aromatic rings. The van der Waals surface area contributed by atoms with Gasteiger partial charge in [0.2, 0.25) is 5.91 Å². The minimum absolute atomic E-state index is 0.00893. The predicted octanol–water partition coefficient (Wildman–Crippen LogP) is 19.8. The van der Waals surface area contributed by atoms with Crippen LogP contribution in [0, 0.1) is 0 Å². The summed E-state index contributed by atoms with van der Waals surface area (Å²) in [6, 6.07) is -0.538. The van der Waals surface area contributed by atoms with Crippen LogP contribution in [0.5, 0.6) is 0 Å². The molecule has 0 aliphatic heterocycles. The van der Waals surface area contributed by atoms with Crippen molar-refractivity contribution in [2.45, 2.75) is 360 Å². The molecule has 0 saturated heterocycles. The van der Waals surface area contributed by atoms with E-state index in [1.165, 1.54) is 263 Å². The Kier molecular flexibility index (Phi) is 58.5. The Morgan fingerprint density at radius 2 is 0.714 bits per heavy atom. The van der Waals surface area contributed by atoms with Crippen molar-refractivity contribution in [2.75, 3.05) is 13.2 Å². The van der Waals surface area contributed by atoms with E-state index in [-0.39, 0.29) is 18.5 Å². The van der Waals surface area contributed by atoms with Crippen LogP contribution in [0.25, 0.3) is 0 Å². The second-order valence-electron chi connectivity index (χ2n) is 21.7. The lowest BCUT2D eigenvalue weighted by molar-refractivity contribution is -0.143. The van der Waals surface area contributed by atoms with Crippen LogP contribution < -0.4 is 5.32 Å². The van der Waals surface area contributed by atoms with Crippen molar-refractivity contribution in [3.05, 3.63) is 24.3 Å². The molecule has 0 aliphatic rings. The SMILES string of the molecule is CCCCC/C=C\C/C=C\CCCCCCCCCC(=O)OCCCCCCCCCCCCCCCCCCCCCCCCCCCC(=O)NC(CO)C(O)CCCCCCCCCCCCC. The zero-order valence-corrected chi connectivity index (χ0v) is 47.3. The predicted molar refractivity (Wildman–Crippen MR) is 306 cm³/mol. The van der Waals surface area contributed by atoms with E-state index in [2.05, 4.69) is 43.5 Å². The Balaban J connectivity index is 3.33. The first-order chi connectivity index (χ1) is 34.5. The van der Waals surface area contributed by atoms with Gasteiger partial charge in [0.05, 0.1) is 25.4 Å². The van der Waals surface area contributed by atoms with Crippen LogP contribution in [-0.4, -0.2) is 47.4 Å². The average Bonchev–Trinajstić information content (AvgIpc) is 3.36. The summed E-state index contributed by atoms with van der Waals surface area (Å²) in [6.45, 7) is 4.93. The molecule has 0 aliphatic carbocycles. The van der Waals surface area contributed by atoms with Crippen molar-refractivity contribution in [3.8, 4) is 0 Å². The Bertz CT molecular complexity index is 1090. The summed E-state index contributed by atoms with van der Waals surface area (Å²) < 4.78 is 5.49. The van der Waals surface area contributed by atoms with Crippen LogP contribution >= 0.6 is 0 Å². The molecule has 414 valence electrons. The fraction of sp³-hybridized carbons (Fsp3) is 0.906. The summed E-state index contributed by atoms with van der Waals surface area (Å²) in [5.41, 5.74) is 0. The van der Waals surface area contributed by atoms with E-state index in [1.54, 1.807) is 0 Å². The van der Waals surface area contributed by atoms with Gasteiger partial charge >= 0.3 is 5.97 Å². The van der Waals surface area contributed by atoms with Gasteiger partial charge in [-0.05, 0) is 57.8 Å². The quantitative estimate of drug-likeness (QED) is 0.0321. The third-order valence-corrected chi connectivity index (χ3v) is 14.8. The number of amides is 1. The summed E-state index contributed by atoms with van der Waals surface area (Å²) in [5.74, 6) is -0.0242. The number of ether oxygens (including phenoxy) is 1. The first-order valence-electron chi connectivity index (χ1n) is 31.6. The van der Waals surface area contributed by atoms with Crippen molar-refractivity contribution in [1.82, 2.24) is 5.32 Å². The molecule has 0 spiro atoms. The lowest BCUT2D eigenvalue weighted by atomic mass is 10.0. The Hall–Kier alpha value is -1.66. The van der Waals surface area contributed by atoms with Crippen molar-refractivity contribution in [3.63, 3.8) is 0 Å². The van der Waals surface area contributed by atoms with Crippen molar-refractivity contribution in [2.24, 2.45) is 0 Å². The fourth-order valence-electron chi connectivity index (χ4n) is 9.91. The standard InChI is InChI=1S/C64H123NO5/c1-3-5-7-9-11-13-15-16-17-27-31-34-38-42-46-50-54-58-64(69)70-59-55-51-47-43-39-35-32-29-26-24-22-20-18-19-21-23-25-28-30-33-37-41-45-49-53-57-63(68)65-61(60-66)62(67)56-52-48-44-40-36-14-12-10-8-6-4-2/h11,13,16-17,61-62,66-67H,3-10,12,14-15,18-60H2,1-2H3,(H,65,68)/b13-11-,17-16-. The van der Waals surface area contributed by atoms with E-state index in [0.717, 1.165) is 51.4 Å². The minimum Gasteiger partial charge on any atom is -0.466 e. The number of hydrogen-bond donors (Lipinski definition) is 3. The highest BCUT2D eigenvalue weighted by Crippen LogP contribution is 2.18. The maximum Gasteiger partial charge on any atom is 0.305 e. The fourth-order valence-corrected chi connectivity index (χ4v) is 9.91. The number of hydrogen-bond acceptors (Lipinski definition) is 5. The van der Waals surface area contributed by atoms with Crippen LogP contribution in [0.15, 0.2) is 24.3 Å². The Morgan fingerprint density at radius 1 is 0.400 bits per heavy atom. The first-order valence-corrected chi connectivity index (χ1v) is 31.6. The number of nitrogens with one attached hydrogen (secondary N) is 1. The van der Waals surface area contributed by atoms with E-state index < -0.39 is 12.1 Å². The van der Waals surface area contributed by atoms with Crippen molar-refractivity contribution >= 4 is 11.9 Å². The second kappa shape index (κ2) is 59.9. The van der Waals surface area contributed by atoms with Gasteiger partial charge in [0.25, 0.3) is 0 Å². The smallest absolute Gasteiger partial charge is 0.305 e. The molecule has 1 amide bonds. The zero-order chi connectivity index (χ0) is 50.7. The molecule has 0 aromatic carbocycles. The zero-order valence-electron chi connectivity index (χ0n) is 47.3. The monoisotopic (exact) mass is 986 g/mol. The average molecular weight is 987 g/mol. The van der Waals surface area contributed by atoms with Crippen molar-refractivity contribution in [1.29, 1.82) is 0 Å². The molecule has 2 unspecified atom stereocenters. The molecule has 3 N–H and O–H groups in total. The molecular formula is C64H123NO5. The van der Waals surface area contributed by atoms with Gasteiger partial charge in [0.15, 0.2) is 0 Å². The molecule has 0 fully saturated rings. The van der Waals surface area contributed by atoms with Crippen LogP contribution in [0.2, 0.25) is 0 Å². The third-order valence-electron chi connectivity index (χ3n) is 14.8. The largest absolute Gasteiger partial charge is 0.466 e. The minimum atomic E-state index is -0.661. The summed E-state index contributed by atoms with van der Waals surface area (Å²) in [5, 5.41) is 23.2. The van der Waals surface area contributed by atoms with Gasteiger partial charge in [-0.3, -0.25) is 9.59 Å². The van der Waals surface area contributed by atoms with Gasteiger partial charge < -0.3 is 20.3 Å². The van der Waals surface area contributed by atoms with E-state index in [4.69, 9.17) is 4.74 Å². The Morgan fingerprint density at radius 3 is 1.11 bits per heavy atom. The third kappa shape index (κ3) is 55.7. The molecule has 0 bridgehead atoms. The molecule has 2 atom stereocenters. The molecular weight excluding hydrogens is 863 g/mol. The highest BCUT2D eigenvalue weighted by molar-refractivity contribution is 5.76. The maximum absolute atomic E-state index is 12.4. The molecule has 70 heavy (non-hydrogen) atoms. The summed E-state index contributed by atoms with van der Waals surface area (Å²) >= 11 is 0. The van der Waals surface area contributed by atoms with E-state index >= 15 is 0 Å². The molecule has 0 heterocycles. The Labute approximate surface area is 437 Å². The maximum atomic E-state index is 12.4. The number of esters is 1. The lowest BCUT2D eigenvalue weighted by Crippen LogP contribution is -2.45.